The van der Waals surface area contributed by atoms with Crippen molar-refractivity contribution in [1.82, 2.24) is 0 Å². The molecule has 0 aliphatic heterocycles. The second-order valence-corrected chi connectivity index (χ2v) is 6.41. The first-order chi connectivity index (χ1) is 8.70. The lowest BCUT2D eigenvalue weighted by Gasteiger charge is -2.18. The third kappa shape index (κ3) is 3.64. The summed E-state index contributed by atoms with van der Waals surface area (Å²) in [5, 5.41) is 0.0622. The molecular weight excluding hydrogens is 312 g/mol. The first-order valence-electron chi connectivity index (χ1n) is 6.77. The molecule has 1 aliphatic rings. The molecule has 1 aromatic carbocycles. The van der Waals surface area contributed by atoms with Gasteiger partial charge in [0.05, 0.1) is 12.0 Å². The Morgan fingerprint density at radius 3 is 2.78 bits per heavy atom. The van der Waals surface area contributed by atoms with Gasteiger partial charge in [0.1, 0.15) is 5.75 Å². The SMILES string of the molecule is CCOc1ccc(Br)cc1C(Cl)CC1CCCC1. The summed E-state index contributed by atoms with van der Waals surface area (Å²) in [4.78, 5) is 0. The minimum atomic E-state index is 0.0622. The van der Waals surface area contributed by atoms with E-state index in [4.69, 9.17) is 16.3 Å². The molecule has 0 aromatic heterocycles. The lowest BCUT2D eigenvalue weighted by molar-refractivity contribution is 0.334. The van der Waals surface area contributed by atoms with E-state index in [1.54, 1.807) is 0 Å². The number of halogens is 2. The van der Waals surface area contributed by atoms with Gasteiger partial charge in [0, 0.05) is 10.0 Å². The van der Waals surface area contributed by atoms with E-state index in [1.807, 2.05) is 19.1 Å². The first kappa shape index (κ1) is 14.2. The maximum Gasteiger partial charge on any atom is 0.124 e. The van der Waals surface area contributed by atoms with Crippen LogP contribution in [-0.2, 0) is 0 Å². The minimum Gasteiger partial charge on any atom is -0.494 e. The topological polar surface area (TPSA) is 9.23 Å². The van der Waals surface area contributed by atoms with Crippen LogP contribution in [0.2, 0.25) is 0 Å². The van der Waals surface area contributed by atoms with Gasteiger partial charge in [0.25, 0.3) is 0 Å². The van der Waals surface area contributed by atoms with Gasteiger partial charge in [0.2, 0.25) is 0 Å². The van der Waals surface area contributed by atoms with Crippen LogP contribution in [0.1, 0.15) is 50.0 Å². The zero-order valence-electron chi connectivity index (χ0n) is 10.8. The van der Waals surface area contributed by atoms with Crippen LogP contribution in [0, 0.1) is 5.92 Å². The second kappa shape index (κ2) is 6.81. The number of benzene rings is 1. The quantitative estimate of drug-likeness (QED) is 0.628. The van der Waals surface area contributed by atoms with E-state index in [0.29, 0.717) is 6.61 Å². The van der Waals surface area contributed by atoms with Gasteiger partial charge in [-0.3, -0.25) is 0 Å². The van der Waals surface area contributed by atoms with Gasteiger partial charge in [-0.05, 0) is 37.5 Å². The Morgan fingerprint density at radius 1 is 1.39 bits per heavy atom. The van der Waals surface area contributed by atoms with Gasteiger partial charge in [0.15, 0.2) is 0 Å². The van der Waals surface area contributed by atoms with Crippen molar-refractivity contribution < 1.29 is 4.74 Å². The van der Waals surface area contributed by atoms with E-state index in [9.17, 15) is 0 Å². The van der Waals surface area contributed by atoms with Gasteiger partial charge >= 0.3 is 0 Å². The Bertz CT molecular complexity index is 388. The Morgan fingerprint density at radius 2 is 2.11 bits per heavy atom. The Hall–Kier alpha value is -0.210. The number of alkyl halides is 1. The minimum absolute atomic E-state index is 0.0622. The Labute approximate surface area is 123 Å². The van der Waals surface area contributed by atoms with Gasteiger partial charge in [-0.25, -0.2) is 0 Å². The summed E-state index contributed by atoms with van der Waals surface area (Å²) in [6, 6.07) is 6.11. The lowest BCUT2D eigenvalue weighted by Crippen LogP contribution is -2.03. The van der Waals surface area contributed by atoms with Crippen LogP contribution in [0.4, 0.5) is 0 Å². The van der Waals surface area contributed by atoms with Gasteiger partial charge in [-0.1, -0.05) is 41.6 Å². The molecule has 0 heterocycles. The van der Waals surface area contributed by atoms with E-state index in [2.05, 4.69) is 22.0 Å². The third-order valence-electron chi connectivity index (χ3n) is 3.62. The molecule has 18 heavy (non-hydrogen) atoms. The molecule has 0 saturated heterocycles. The highest BCUT2D eigenvalue weighted by molar-refractivity contribution is 9.10. The molecule has 0 N–H and O–H groups in total. The van der Waals surface area contributed by atoms with Crippen LogP contribution in [0.3, 0.4) is 0 Å². The molecule has 1 atom stereocenters. The Kier molecular flexibility index (Phi) is 5.38. The third-order valence-corrected chi connectivity index (χ3v) is 4.53. The second-order valence-electron chi connectivity index (χ2n) is 4.97. The number of ether oxygens (including phenoxy) is 1. The van der Waals surface area contributed by atoms with Crippen LogP contribution < -0.4 is 4.74 Å². The molecule has 2 rings (SSSR count). The van der Waals surface area contributed by atoms with Crippen molar-refractivity contribution >= 4 is 27.5 Å². The first-order valence-corrected chi connectivity index (χ1v) is 8.00. The normalized spacial score (nSPS) is 17.9. The average Bonchev–Trinajstić information content (AvgIpc) is 2.84. The molecule has 1 nitrogen and oxygen atoms in total. The molecule has 0 spiro atoms. The summed E-state index contributed by atoms with van der Waals surface area (Å²) in [6.45, 7) is 2.69. The number of rotatable bonds is 5. The predicted octanol–water partition coefficient (Wildman–Crippen LogP) is 5.71. The fraction of sp³-hybridized carbons (Fsp3) is 0.600. The lowest BCUT2D eigenvalue weighted by atomic mass is 9.97. The number of hydrogen-bond donors (Lipinski definition) is 0. The molecule has 3 heteroatoms. The predicted molar refractivity (Wildman–Crippen MR) is 80.5 cm³/mol. The van der Waals surface area contributed by atoms with Crippen LogP contribution in [0.5, 0.6) is 5.75 Å². The van der Waals surface area contributed by atoms with Crippen molar-refractivity contribution in [2.45, 2.75) is 44.4 Å². The van der Waals surface area contributed by atoms with Gasteiger partial charge in [-0.2, -0.15) is 0 Å². The van der Waals surface area contributed by atoms with Crippen molar-refractivity contribution in [3.8, 4) is 5.75 Å². The molecule has 1 aliphatic carbocycles. The summed E-state index contributed by atoms with van der Waals surface area (Å²) in [6.07, 6.45) is 6.47. The monoisotopic (exact) mass is 330 g/mol. The van der Waals surface area contributed by atoms with Gasteiger partial charge in [-0.15, -0.1) is 11.6 Å². The van der Waals surface area contributed by atoms with Crippen molar-refractivity contribution in [2.24, 2.45) is 5.92 Å². The summed E-state index contributed by atoms with van der Waals surface area (Å²) < 4.78 is 6.74. The molecule has 1 aromatic rings. The van der Waals surface area contributed by atoms with E-state index in [1.165, 1.54) is 25.7 Å². The van der Waals surface area contributed by atoms with E-state index < -0.39 is 0 Å². The highest BCUT2D eigenvalue weighted by atomic mass is 79.9. The van der Waals surface area contributed by atoms with Gasteiger partial charge < -0.3 is 4.74 Å². The largest absolute Gasteiger partial charge is 0.494 e. The molecule has 0 radical (unpaired) electrons. The standard InChI is InChI=1S/C15H20BrClO/c1-2-18-15-8-7-12(16)10-13(15)14(17)9-11-5-3-4-6-11/h7-8,10-11,14H,2-6,9H2,1H3. The fourth-order valence-electron chi connectivity index (χ4n) is 2.72. The van der Waals surface area contributed by atoms with Crippen molar-refractivity contribution in [1.29, 1.82) is 0 Å². The Balaban J connectivity index is 2.11. The summed E-state index contributed by atoms with van der Waals surface area (Å²) in [7, 11) is 0. The highest BCUT2D eigenvalue weighted by Crippen LogP contribution is 2.40. The van der Waals surface area contributed by atoms with E-state index in [0.717, 1.165) is 28.1 Å². The number of hydrogen-bond acceptors (Lipinski definition) is 1. The zero-order chi connectivity index (χ0) is 13.0. The zero-order valence-corrected chi connectivity index (χ0v) is 13.1. The summed E-state index contributed by atoms with van der Waals surface area (Å²) in [5.41, 5.74) is 1.12. The molecule has 1 saturated carbocycles. The molecule has 100 valence electrons. The van der Waals surface area contributed by atoms with Crippen molar-refractivity contribution in [3.05, 3.63) is 28.2 Å². The fourth-order valence-corrected chi connectivity index (χ4v) is 3.52. The molecule has 1 unspecified atom stereocenters. The van der Waals surface area contributed by atoms with Crippen molar-refractivity contribution in [2.75, 3.05) is 6.61 Å². The van der Waals surface area contributed by atoms with E-state index in [-0.39, 0.29) is 5.38 Å². The maximum absolute atomic E-state index is 6.60. The molecule has 0 amide bonds. The van der Waals surface area contributed by atoms with Crippen LogP contribution in [0.15, 0.2) is 22.7 Å². The van der Waals surface area contributed by atoms with Crippen LogP contribution in [-0.4, -0.2) is 6.61 Å². The smallest absolute Gasteiger partial charge is 0.124 e. The molecule has 0 bridgehead atoms. The maximum atomic E-state index is 6.60. The van der Waals surface area contributed by atoms with E-state index >= 15 is 0 Å². The molecule has 1 fully saturated rings. The average molecular weight is 332 g/mol. The summed E-state index contributed by atoms with van der Waals surface area (Å²) in [5.74, 6) is 1.72. The summed E-state index contributed by atoms with van der Waals surface area (Å²) >= 11 is 10.1. The van der Waals surface area contributed by atoms with Crippen LogP contribution in [0.25, 0.3) is 0 Å². The molecular formula is C15H20BrClO. The van der Waals surface area contributed by atoms with Crippen LogP contribution >= 0.6 is 27.5 Å². The highest BCUT2D eigenvalue weighted by Gasteiger charge is 2.22. The van der Waals surface area contributed by atoms with Crippen molar-refractivity contribution in [3.63, 3.8) is 0 Å².